The Balaban J connectivity index is 2.27. The van der Waals surface area contributed by atoms with E-state index in [4.69, 9.17) is 5.84 Å². The lowest BCUT2D eigenvalue weighted by molar-refractivity contribution is -0.121. The molecule has 81 valence electrons. The van der Waals surface area contributed by atoms with Crippen LogP contribution in [0.4, 0.5) is 0 Å². The van der Waals surface area contributed by atoms with Gasteiger partial charge in [-0.3, -0.25) is 9.80 Å². The fraction of sp³-hybridized carbons (Fsp3) is 0.800. The predicted octanol–water partition coefficient (Wildman–Crippen LogP) is 0.397. The van der Waals surface area contributed by atoms with E-state index < -0.39 is 0 Å². The van der Waals surface area contributed by atoms with E-state index in [9.17, 15) is 4.79 Å². The van der Waals surface area contributed by atoms with Gasteiger partial charge in [-0.15, -0.1) is 0 Å². The van der Waals surface area contributed by atoms with Crippen LogP contribution in [-0.2, 0) is 4.79 Å². The SMILES string of the molecule is C[C](C)CN1CCC(N(N)C=O)CC1. The zero-order valence-electron chi connectivity index (χ0n) is 9.07. The average molecular weight is 198 g/mol. The van der Waals surface area contributed by atoms with E-state index in [2.05, 4.69) is 18.7 Å². The molecule has 0 unspecified atom stereocenters. The van der Waals surface area contributed by atoms with E-state index in [-0.39, 0.29) is 6.04 Å². The zero-order valence-corrected chi connectivity index (χ0v) is 9.07. The van der Waals surface area contributed by atoms with E-state index >= 15 is 0 Å². The van der Waals surface area contributed by atoms with Gasteiger partial charge >= 0.3 is 0 Å². The molecule has 0 aromatic heterocycles. The number of piperidine rings is 1. The van der Waals surface area contributed by atoms with Gasteiger partial charge < -0.3 is 4.90 Å². The molecule has 1 aliphatic heterocycles. The van der Waals surface area contributed by atoms with Gasteiger partial charge in [0.05, 0.1) is 6.04 Å². The molecule has 1 amide bonds. The largest absolute Gasteiger partial charge is 0.303 e. The third kappa shape index (κ3) is 3.27. The minimum atomic E-state index is 0.237. The summed E-state index contributed by atoms with van der Waals surface area (Å²) in [7, 11) is 0. The second kappa shape index (κ2) is 5.32. The number of nitrogens with two attached hydrogens (primary N) is 1. The lowest BCUT2D eigenvalue weighted by atomic mass is 10.0. The lowest BCUT2D eigenvalue weighted by Crippen LogP contribution is -2.47. The van der Waals surface area contributed by atoms with Crippen molar-refractivity contribution in [3.05, 3.63) is 5.92 Å². The van der Waals surface area contributed by atoms with Crippen LogP contribution < -0.4 is 5.84 Å². The first-order chi connectivity index (χ1) is 6.63. The van der Waals surface area contributed by atoms with Crippen LogP contribution >= 0.6 is 0 Å². The molecule has 0 spiro atoms. The minimum absolute atomic E-state index is 0.237. The smallest absolute Gasteiger partial charge is 0.223 e. The van der Waals surface area contributed by atoms with Crippen molar-refractivity contribution < 1.29 is 4.79 Å². The summed E-state index contributed by atoms with van der Waals surface area (Å²) in [5.41, 5.74) is 0. The maximum absolute atomic E-state index is 10.4. The molecule has 14 heavy (non-hydrogen) atoms. The van der Waals surface area contributed by atoms with Crippen molar-refractivity contribution in [3.63, 3.8) is 0 Å². The molecule has 0 aliphatic carbocycles. The van der Waals surface area contributed by atoms with Gasteiger partial charge in [0.15, 0.2) is 0 Å². The highest BCUT2D eigenvalue weighted by molar-refractivity contribution is 5.46. The first-order valence-corrected chi connectivity index (χ1v) is 5.13. The van der Waals surface area contributed by atoms with Crippen molar-refractivity contribution >= 4 is 6.41 Å². The molecular formula is C10H20N3O. The molecule has 0 saturated carbocycles. The molecule has 1 radical (unpaired) electrons. The molecular weight excluding hydrogens is 178 g/mol. The van der Waals surface area contributed by atoms with Gasteiger partial charge in [-0.05, 0) is 18.8 Å². The molecule has 4 nitrogen and oxygen atoms in total. The maximum atomic E-state index is 10.4. The van der Waals surface area contributed by atoms with Gasteiger partial charge in [0, 0.05) is 19.6 Å². The van der Waals surface area contributed by atoms with E-state index in [0.29, 0.717) is 0 Å². The van der Waals surface area contributed by atoms with Gasteiger partial charge in [0.2, 0.25) is 6.41 Å². The van der Waals surface area contributed by atoms with Crippen LogP contribution in [0, 0.1) is 5.92 Å². The van der Waals surface area contributed by atoms with Gasteiger partial charge in [-0.25, -0.2) is 5.84 Å². The van der Waals surface area contributed by atoms with Crippen LogP contribution in [0.25, 0.3) is 0 Å². The molecule has 0 bridgehead atoms. The summed E-state index contributed by atoms with van der Waals surface area (Å²) in [5, 5.41) is 1.31. The van der Waals surface area contributed by atoms with Crippen molar-refractivity contribution in [1.82, 2.24) is 9.91 Å². The molecule has 1 fully saturated rings. The summed E-state index contributed by atoms with van der Waals surface area (Å²) in [6, 6.07) is 0.237. The Labute approximate surface area is 86.0 Å². The molecule has 2 N–H and O–H groups in total. The molecule has 1 aliphatic rings. The predicted molar refractivity (Wildman–Crippen MR) is 56.1 cm³/mol. The third-order valence-corrected chi connectivity index (χ3v) is 2.64. The van der Waals surface area contributed by atoms with E-state index in [0.717, 1.165) is 38.9 Å². The second-order valence-corrected chi connectivity index (χ2v) is 4.27. The summed E-state index contributed by atoms with van der Waals surface area (Å²) < 4.78 is 0. The first kappa shape index (κ1) is 11.5. The number of nitrogens with zero attached hydrogens (tertiary/aromatic N) is 2. The normalized spacial score (nSPS) is 20.0. The van der Waals surface area contributed by atoms with Crippen LogP contribution in [0.2, 0.25) is 0 Å². The number of amides is 1. The summed E-state index contributed by atoms with van der Waals surface area (Å²) in [6.07, 6.45) is 2.70. The molecule has 0 aromatic rings. The van der Waals surface area contributed by atoms with Crippen LogP contribution in [0.3, 0.4) is 0 Å². The fourth-order valence-corrected chi connectivity index (χ4v) is 1.91. The summed E-state index contributed by atoms with van der Waals surface area (Å²) >= 11 is 0. The zero-order chi connectivity index (χ0) is 10.6. The molecule has 1 heterocycles. The Kier molecular flexibility index (Phi) is 4.35. The van der Waals surface area contributed by atoms with Crippen LogP contribution in [0.15, 0.2) is 0 Å². The van der Waals surface area contributed by atoms with Crippen molar-refractivity contribution in [2.75, 3.05) is 19.6 Å². The highest BCUT2D eigenvalue weighted by Crippen LogP contribution is 2.14. The van der Waals surface area contributed by atoms with Gasteiger partial charge in [0.25, 0.3) is 0 Å². The fourth-order valence-electron chi connectivity index (χ4n) is 1.91. The maximum Gasteiger partial charge on any atom is 0.223 e. The highest BCUT2D eigenvalue weighted by Gasteiger charge is 2.22. The Morgan fingerprint density at radius 1 is 1.50 bits per heavy atom. The van der Waals surface area contributed by atoms with Crippen molar-refractivity contribution in [1.29, 1.82) is 0 Å². The quantitative estimate of drug-likeness (QED) is 0.308. The molecule has 1 rings (SSSR count). The third-order valence-electron chi connectivity index (χ3n) is 2.64. The van der Waals surface area contributed by atoms with Crippen molar-refractivity contribution in [2.24, 2.45) is 5.84 Å². The van der Waals surface area contributed by atoms with Gasteiger partial charge in [-0.1, -0.05) is 13.8 Å². The monoisotopic (exact) mass is 198 g/mol. The lowest BCUT2D eigenvalue weighted by Gasteiger charge is -2.35. The summed E-state index contributed by atoms with van der Waals surface area (Å²) in [4.78, 5) is 12.9. The number of hydrazine groups is 1. The Hall–Kier alpha value is -0.610. The average Bonchev–Trinajstić information content (AvgIpc) is 2.17. The Morgan fingerprint density at radius 3 is 2.50 bits per heavy atom. The Morgan fingerprint density at radius 2 is 2.07 bits per heavy atom. The molecule has 0 atom stereocenters. The summed E-state index contributed by atoms with van der Waals surface area (Å²) in [5.74, 6) is 6.97. The number of rotatable bonds is 4. The van der Waals surface area contributed by atoms with Crippen LogP contribution in [-0.4, -0.2) is 42.0 Å². The van der Waals surface area contributed by atoms with Gasteiger partial charge in [-0.2, -0.15) is 0 Å². The molecule has 1 saturated heterocycles. The number of carbonyl (C=O) groups excluding carboxylic acids is 1. The summed E-state index contributed by atoms with van der Waals surface area (Å²) in [6.45, 7) is 7.44. The number of hydrogen-bond acceptors (Lipinski definition) is 3. The minimum Gasteiger partial charge on any atom is -0.303 e. The number of hydrogen-bond donors (Lipinski definition) is 1. The molecule has 0 aromatic carbocycles. The van der Waals surface area contributed by atoms with Crippen LogP contribution in [0.5, 0.6) is 0 Å². The molecule has 4 heteroatoms. The van der Waals surface area contributed by atoms with E-state index in [1.807, 2.05) is 0 Å². The van der Waals surface area contributed by atoms with Gasteiger partial charge in [0.1, 0.15) is 0 Å². The van der Waals surface area contributed by atoms with E-state index in [1.165, 1.54) is 10.9 Å². The van der Waals surface area contributed by atoms with E-state index in [1.54, 1.807) is 0 Å². The Bertz CT molecular complexity index is 176. The first-order valence-electron chi connectivity index (χ1n) is 5.13. The topological polar surface area (TPSA) is 49.6 Å². The van der Waals surface area contributed by atoms with Crippen molar-refractivity contribution in [2.45, 2.75) is 32.7 Å². The van der Waals surface area contributed by atoms with Crippen LogP contribution in [0.1, 0.15) is 26.7 Å². The second-order valence-electron chi connectivity index (χ2n) is 4.27. The highest BCUT2D eigenvalue weighted by atomic mass is 16.1. The van der Waals surface area contributed by atoms with Crippen molar-refractivity contribution in [3.8, 4) is 0 Å². The number of likely N-dealkylation sites (tertiary alicyclic amines) is 1. The standard InChI is InChI=1S/C10H20N3O/c1-9(2)7-12-5-3-10(4-6-12)13(11)8-14/h8,10H,3-7,11H2,1-2H3. The number of carbonyl (C=O) groups is 1.